The number of halogens is 3. The molecule has 1 N–H and O–H groups in total. The lowest BCUT2D eigenvalue weighted by Crippen LogP contribution is -2.34. The Morgan fingerprint density at radius 3 is 2.81 bits per heavy atom. The van der Waals surface area contributed by atoms with Crippen LogP contribution < -0.4 is 5.32 Å². The summed E-state index contributed by atoms with van der Waals surface area (Å²) in [7, 11) is 0. The third-order valence-electron chi connectivity index (χ3n) is 3.59. The summed E-state index contributed by atoms with van der Waals surface area (Å²) in [5, 5.41) is 7.21. The Balaban J connectivity index is 0.00000161. The van der Waals surface area contributed by atoms with E-state index in [2.05, 4.69) is 22.4 Å². The lowest BCUT2D eigenvalue weighted by molar-refractivity contribution is 0.295. The van der Waals surface area contributed by atoms with Crippen molar-refractivity contribution < 1.29 is 13.3 Å². The molecule has 1 aromatic carbocycles. The predicted molar refractivity (Wildman–Crippen MR) is 76.3 cm³/mol. The van der Waals surface area contributed by atoms with Crippen LogP contribution in [0.4, 0.5) is 8.78 Å². The Hall–Kier alpha value is -1.53. The Bertz CT molecular complexity index is 620. The second-order valence-electron chi connectivity index (χ2n) is 5.16. The number of hydrogen-bond donors (Lipinski definition) is 1. The molecule has 21 heavy (non-hydrogen) atoms. The molecule has 114 valence electrons. The van der Waals surface area contributed by atoms with Crippen LogP contribution in [-0.4, -0.2) is 22.7 Å². The lowest BCUT2D eigenvalue weighted by Gasteiger charge is -2.25. The first-order valence-electron chi connectivity index (χ1n) is 6.66. The summed E-state index contributed by atoms with van der Waals surface area (Å²) in [5.74, 6) is -0.713. The zero-order valence-corrected chi connectivity index (χ0v) is 12.3. The fourth-order valence-electron chi connectivity index (χ4n) is 2.51. The normalized spacial score (nSPS) is 21.9. The highest BCUT2D eigenvalue weighted by Gasteiger charge is 2.25. The molecule has 1 aliphatic heterocycles. The summed E-state index contributed by atoms with van der Waals surface area (Å²) >= 11 is 0. The van der Waals surface area contributed by atoms with Crippen molar-refractivity contribution in [1.29, 1.82) is 0 Å². The van der Waals surface area contributed by atoms with Crippen LogP contribution >= 0.6 is 12.4 Å². The minimum Gasteiger partial charge on any atom is -0.339 e. The highest BCUT2D eigenvalue weighted by Crippen LogP contribution is 2.28. The number of nitrogens with zero attached hydrogens (tertiary/aromatic N) is 2. The topological polar surface area (TPSA) is 51.0 Å². The van der Waals surface area contributed by atoms with Crippen molar-refractivity contribution in [1.82, 2.24) is 15.5 Å². The maximum Gasteiger partial charge on any atom is 0.230 e. The summed E-state index contributed by atoms with van der Waals surface area (Å²) in [4.78, 5) is 4.31. The molecule has 0 amide bonds. The molecule has 0 aliphatic carbocycles. The van der Waals surface area contributed by atoms with E-state index < -0.39 is 11.6 Å². The van der Waals surface area contributed by atoms with Crippen molar-refractivity contribution in [3.05, 3.63) is 35.7 Å². The minimum absolute atomic E-state index is 0. The Kier molecular flexibility index (Phi) is 4.90. The van der Waals surface area contributed by atoms with E-state index in [0.717, 1.165) is 31.5 Å². The summed E-state index contributed by atoms with van der Waals surface area (Å²) in [6.45, 7) is 3.02. The van der Waals surface area contributed by atoms with Gasteiger partial charge in [-0.3, -0.25) is 0 Å². The highest BCUT2D eigenvalue weighted by molar-refractivity contribution is 5.85. The molecule has 7 heteroatoms. The molecule has 0 saturated carbocycles. The quantitative estimate of drug-likeness (QED) is 0.924. The molecule has 2 atom stereocenters. The molecule has 2 heterocycles. The largest absolute Gasteiger partial charge is 0.339 e. The van der Waals surface area contributed by atoms with Gasteiger partial charge in [0.2, 0.25) is 11.7 Å². The van der Waals surface area contributed by atoms with Gasteiger partial charge in [0.15, 0.2) is 11.6 Å². The van der Waals surface area contributed by atoms with Gasteiger partial charge in [-0.25, -0.2) is 8.78 Å². The standard InChI is InChI=1S/C14H15F2N3O.ClH/c1-8-6-10(4-5-17-8)14-18-13(19-20-14)9-2-3-11(15)12(16)7-9;/h2-3,7-8,10,17H,4-6H2,1H3;1H/t8-,10-;/m0./s1. The monoisotopic (exact) mass is 315 g/mol. The van der Waals surface area contributed by atoms with Gasteiger partial charge in [-0.15, -0.1) is 12.4 Å². The van der Waals surface area contributed by atoms with Crippen LogP contribution in [0.15, 0.2) is 22.7 Å². The van der Waals surface area contributed by atoms with Gasteiger partial charge >= 0.3 is 0 Å². The van der Waals surface area contributed by atoms with Crippen LogP contribution in [0.3, 0.4) is 0 Å². The average molecular weight is 316 g/mol. The van der Waals surface area contributed by atoms with Gasteiger partial charge in [0.05, 0.1) is 0 Å². The van der Waals surface area contributed by atoms with E-state index in [-0.39, 0.29) is 18.3 Å². The van der Waals surface area contributed by atoms with Crippen molar-refractivity contribution in [3.8, 4) is 11.4 Å². The second-order valence-corrected chi connectivity index (χ2v) is 5.16. The van der Waals surface area contributed by atoms with Gasteiger partial charge in [-0.2, -0.15) is 4.98 Å². The number of hydrogen-bond acceptors (Lipinski definition) is 4. The van der Waals surface area contributed by atoms with Crippen molar-refractivity contribution in [2.45, 2.75) is 31.7 Å². The van der Waals surface area contributed by atoms with Crippen molar-refractivity contribution in [2.75, 3.05) is 6.54 Å². The zero-order chi connectivity index (χ0) is 14.1. The SMILES string of the molecule is C[C@H]1C[C@@H](c2nc(-c3ccc(F)c(F)c3)no2)CCN1.Cl. The molecule has 4 nitrogen and oxygen atoms in total. The van der Waals surface area contributed by atoms with Crippen molar-refractivity contribution in [2.24, 2.45) is 0 Å². The molecule has 0 spiro atoms. The summed E-state index contributed by atoms with van der Waals surface area (Å²) in [6, 6.07) is 3.99. The van der Waals surface area contributed by atoms with E-state index in [0.29, 0.717) is 23.3 Å². The van der Waals surface area contributed by atoms with Crippen molar-refractivity contribution >= 4 is 12.4 Å². The number of aromatic nitrogens is 2. The number of benzene rings is 1. The fraction of sp³-hybridized carbons (Fsp3) is 0.429. The van der Waals surface area contributed by atoms with Crippen LogP contribution in [0, 0.1) is 11.6 Å². The Morgan fingerprint density at radius 2 is 2.10 bits per heavy atom. The summed E-state index contributed by atoms with van der Waals surface area (Å²) in [5.41, 5.74) is 0.417. The third-order valence-corrected chi connectivity index (χ3v) is 3.59. The fourth-order valence-corrected chi connectivity index (χ4v) is 2.51. The second kappa shape index (κ2) is 6.49. The minimum atomic E-state index is -0.913. The predicted octanol–water partition coefficient (Wildman–Crippen LogP) is 3.29. The van der Waals surface area contributed by atoms with E-state index in [1.807, 2.05) is 0 Å². The number of rotatable bonds is 2. The molecule has 1 fully saturated rings. The Labute approximate surface area is 127 Å². The van der Waals surface area contributed by atoms with Crippen LogP contribution in [0.25, 0.3) is 11.4 Å². The smallest absolute Gasteiger partial charge is 0.230 e. The molecule has 0 unspecified atom stereocenters. The maximum absolute atomic E-state index is 13.2. The maximum atomic E-state index is 13.2. The molecule has 1 saturated heterocycles. The van der Waals surface area contributed by atoms with E-state index >= 15 is 0 Å². The van der Waals surface area contributed by atoms with Crippen molar-refractivity contribution in [3.63, 3.8) is 0 Å². The van der Waals surface area contributed by atoms with E-state index in [1.54, 1.807) is 0 Å². The van der Waals surface area contributed by atoms with Crippen LogP contribution in [0.2, 0.25) is 0 Å². The molecule has 3 rings (SSSR count). The van der Waals surface area contributed by atoms with Crippen LogP contribution in [-0.2, 0) is 0 Å². The summed E-state index contributed by atoms with van der Waals surface area (Å²) in [6.07, 6.45) is 1.86. The van der Waals surface area contributed by atoms with E-state index in [4.69, 9.17) is 4.52 Å². The zero-order valence-electron chi connectivity index (χ0n) is 11.5. The van der Waals surface area contributed by atoms with Gasteiger partial charge < -0.3 is 9.84 Å². The third kappa shape index (κ3) is 3.39. The molecule has 2 aromatic rings. The summed E-state index contributed by atoms with van der Waals surface area (Å²) < 4.78 is 31.4. The van der Waals surface area contributed by atoms with Gasteiger partial charge in [0, 0.05) is 17.5 Å². The van der Waals surface area contributed by atoms with Crippen LogP contribution in [0.5, 0.6) is 0 Å². The van der Waals surface area contributed by atoms with Gasteiger partial charge in [0.25, 0.3) is 0 Å². The van der Waals surface area contributed by atoms with Gasteiger partial charge in [0.1, 0.15) is 0 Å². The average Bonchev–Trinajstić information content (AvgIpc) is 2.92. The number of piperidine rings is 1. The molecule has 0 bridgehead atoms. The first kappa shape index (κ1) is 15.9. The Morgan fingerprint density at radius 1 is 1.29 bits per heavy atom. The molecular weight excluding hydrogens is 300 g/mol. The number of nitrogens with one attached hydrogen (secondary N) is 1. The van der Waals surface area contributed by atoms with Gasteiger partial charge in [-0.05, 0) is 44.5 Å². The van der Waals surface area contributed by atoms with Crippen LogP contribution in [0.1, 0.15) is 31.6 Å². The van der Waals surface area contributed by atoms with E-state index in [9.17, 15) is 8.78 Å². The first-order chi connectivity index (χ1) is 9.63. The molecule has 1 aliphatic rings. The lowest BCUT2D eigenvalue weighted by atomic mass is 9.93. The van der Waals surface area contributed by atoms with Gasteiger partial charge in [-0.1, -0.05) is 5.16 Å². The molecule has 0 radical (unpaired) electrons. The first-order valence-corrected chi connectivity index (χ1v) is 6.66. The highest BCUT2D eigenvalue weighted by atomic mass is 35.5. The molecular formula is C14H16ClF2N3O. The van der Waals surface area contributed by atoms with E-state index in [1.165, 1.54) is 6.07 Å². The molecule has 1 aromatic heterocycles.